The molecule has 0 spiro atoms. The Morgan fingerprint density at radius 1 is 1.22 bits per heavy atom. The van der Waals surface area contributed by atoms with Gasteiger partial charge in [0.2, 0.25) is 0 Å². The van der Waals surface area contributed by atoms with E-state index in [1.54, 1.807) is 32.9 Å². The third-order valence-corrected chi connectivity index (χ3v) is 4.63. The lowest BCUT2D eigenvalue weighted by Gasteiger charge is -2.25. The molecule has 0 saturated heterocycles. The fourth-order valence-electron chi connectivity index (χ4n) is 3.16. The van der Waals surface area contributed by atoms with Gasteiger partial charge in [-0.2, -0.15) is 0 Å². The Morgan fingerprint density at radius 2 is 1.88 bits per heavy atom. The van der Waals surface area contributed by atoms with E-state index < -0.39 is 34.9 Å². The predicted octanol–water partition coefficient (Wildman–Crippen LogP) is 4.53. The number of hydrogen-bond acceptors (Lipinski definition) is 5. The number of hydrogen-bond donors (Lipinski definition) is 1. The molecule has 1 heterocycles. The van der Waals surface area contributed by atoms with E-state index in [0.29, 0.717) is 6.07 Å². The number of alkyl carbamates (subject to hydrolysis) is 1. The minimum absolute atomic E-state index is 0.0116. The van der Waals surface area contributed by atoms with Crippen molar-refractivity contribution in [2.24, 2.45) is 0 Å². The van der Waals surface area contributed by atoms with E-state index in [0.717, 1.165) is 16.7 Å². The second kappa shape index (κ2) is 9.22. The summed E-state index contributed by atoms with van der Waals surface area (Å²) in [6.45, 7) is 4.98. The Bertz CT molecular complexity index is 1200. The third-order valence-electron chi connectivity index (χ3n) is 4.31. The number of aromatic nitrogens is 2. The maximum atomic E-state index is 14.0. The van der Waals surface area contributed by atoms with Crippen LogP contribution in [0.2, 0.25) is 5.02 Å². The molecular formula is C22H22ClF2N3O4. The number of nitrogens with one attached hydrogen (secondary N) is 1. The van der Waals surface area contributed by atoms with Crippen molar-refractivity contribution in [3.63, 3.8) is 0 Å². The zero-order valence-electron chi connectivity index (χ0n) is 17.9. The molecule has 1 N–H and O–H groups in total. The Hall–Kier alpha value is -3.04. The lowest BCUT2D eigenvalue weighted by molar-refractivity contribution is 0.0462. The first-order chi connectivity index (χ1) is 15.0. The maximum absolute atomic E-state index is 14.0. The summed E-state index contributed by atoms with van der Waals surface area (Å²) in [6.07, 6.45) is -0.781. The zero-order chi connectivity index (χ0) is 23.6. The number of benzene rings is 2. The van der Waals surface area contributed by atoms with Crippen molar-refractivity contribution in [3.8, 4) is 5.69 Å². The molecule has 7 nitrogen and oxygen atoms in total. The van der Waals surface area contributed by atoms with Gasteiger partial charge >= 0.3 is 6.09 Å². The maximum Gasteiger partial charge on any atom is 0.408 e. The average Bonchev–Trinajstić information content (AvgIpc) is 2.65. The van der Waals surface area contributed by atoms with Gasteiger partial charge in [0, 0.05) is 13.2 Å². The number of rotatable bonds is 5. The average molecular weight is 466 g/mol. The fraction of sp³-hybridized carbons (Fsp3) is 0.318. The summed E-state index contributed by atoms with van der Waals surface area (Å²) >= 11 is 6.22. The van der Waals surface area contributed by atoms with Crippen molar-refractivity contribution in [2.75, 3.05) is 13.7 Å². The molecule has 3 rings (SSSR count). The van der Waals surface area contributed by atoms with E-state index in [4.69, 9.17) is 21.1 Å². The van der Waals surface area contributed by atoms with Gasteiger partial charge in [0.25, 0.3) is 5.56 Å². The van der Waals surface area contributed by atoms with Crippen molar-refractivity contribution in [1.82, 2.24) is 14.9 Å². The van der Waals surface area contributed by atoms with Crippen LogP contribution < -0.4 is 10.9 Å². The smallest absolute Gasteiger partial charge is 0.408 e. The summed E-state index contributed by atoms with van der Waals surface area (Å²) in [5.74, 6) is -1.79. The van der Waals surface area contributed by atoms with Crippen LogP contribution in [0.4, 0.5) is 13.6 Å². The van der Waals surface area contributed by atoms with Gasteiger partial charge in [-0.3, -0.25) is 9.36 Å². The van der Waals surface area contributed by atoms with Crippen LogP contribution in [-0.4, -0.2) is 35.0 Å². The molecule has 0 aliphatic carbocycles. The van der Waals surface area contributed by atoms with Crippen LogP contribution in [-0.2, 0) is 9.47 Å². The number of methoxy groups -OCH3 is 1. The molecule has 10 heteroatoms. The number of fused-ring (bicyclic) bond motifs is 1. The lowest BCUT2D eigenvalue weighted by atomic mass is 10.2. The Labute approximate surface area is 187 Å². The summed E-state index contributed by atoms with van der Waals surface area (Å²) in [4.78, 5) is 30.3. The second-order valence-corrected chi connectivity index (χ2v) is 8.43. The van der Waals surface area contributed by atoms with Crippen LogP contribution in [0, 0.1) is 11.6 Å². The highest BCUT2D eigenvalue weighted by atomic mass is 35.5. The number of ether oxygens (including phenoxy) is 2. The molecule has 0 aliphatic heterocycles. The van der Waals surface area contributed by atoms with Crippen LogP contribution in [0.25, 0.3) is 16.6 Å². The van der Waals surface area contributed by atoms with E-state index in [9.17, 15) is 18.4 Å². The van der Waals surface area contributed by atoms with Gasteiger partial charge in [0.1, 0.15) is 29.1 Å². The second-order valence-electron chi connectivity index (χ2n) is 8.03. The third kappa shape index (κ3) is 5.23. The molecule has 0 fully saturated rings. The van der Waals surface area contributed by atoms with Crippen LogP contribution in [0.3, 0.4) is 0 Å². The molecule has 1 amide bonds. The van der Waals surface area contributed by atoms with Gasteiger partial charge in [0.15, 0.2) is 0 Å². The van der Waals surface area contributed by atoms with Crippen molar-refractivity contribution in [1.29, 1.82) is 0 Å². The highest BCUT2D eigenvalue weighted by Gasteiger charge is 2.26. The number of carbonyl (C=O) groups excluding carboxylic acids is 1. The van der Waals surface area contributed by atoms with Gasteiger partial charge in [-0.05, 0) is 45.0 Å². The highest BCUT2D eigenvalue weighted by Crippen LogP contribution is 2.24. The topological polar surface area (TPSA) is 82.5 Å². The molecule has 1 atom stereocenters. The van der Waals surface area contributed by atoms with Crippen LogP contribution in [0.5, 0.6) is 0 Å². The molecule has 3 aromatic rings. The van der Waals surface area contributed by atoms with Gasteiger partial charge in [-0.25, -0.2) is 18.6 Å². The van der Waals surface area contributed by atoms with E-state index in [1.807, 2.05) is 0 Å². The monoisotopic (exact) mass is 465 g/mol. The molecule has 1 aromatic heterocycles. The number of nitrogens with zero attached hydrogens (tertiary/aromatic N) is 2. The van der Waals surface area contributed by atoms with Crippen molar-refractivity contribution >= 4 is 28.6 Å². The molecule has 0 radical (unpaired) electrons. The molecule has 0 aliphatic rings. The molecule has 2 aromatic carbocycles. The number of carbonyl (C=O) groups is 1. The molecule has 32 heavy (non-hydrogen) atoms. The molecule has 0 saturated carbocycles. The van der Waals surface area contributed by atoms with Crippen molar-refractivity contribution in [2.45, 2.75) is 32.4 Å². The minimum Gasteiger partial charge on any atom is -0.444 e. The van der Waals surface area contributed by atoms with Crippen molar-refractivity contribution in [3.05, 3.63) is 69.2 Å². The quantitative estimate of drug-likeness (QED) is 0.598. The van der Waals surface area contributed by atoms with Gasteiger partial charge < -0.3 is 14.8 Å². The Morgan fingerprint density at radius 3 is 2.47 bits per heavy atom. The summed E-state index contributed by atoms with van der Waals surface area (Å²) in [5.41, 5.74) is -1.31. The van der Waals surface area contributed by atoms with Crippen LogP contribution in [0.1, 0.15) is 32.6 Å². The first-order valence-electron chi connectivity index (χ1n) is 9.66. The largest absolute Gasteiger partial charge is 0.444 e. The SMILES string of the molecule is COC[C@H](NC(=O)OC(C)(C)C)c1nc2cccc(Cl)c2c(=O)n1-c1cc(F)cc(F)c1. The lowest BCUT2D eigenvalue weighted by Crippen LogP contribution is -2.39. The van der Waals surface area contributed by atoms with E-state index >= 15 is 0 Å². The summed E-state index contributed by atoms with van der Waals surface area (Å²) in [5, 5.41) is 2.80. The molecule has 170 valence electrons. The van der Waals surface area contributed by atoms with Crippen LogP contribution in [0.15, 0.2) is 41.2 Å². The van der Waals surface area contributed by atoms with Gasteiger partial charge in [-0.15, -0.1) is 0 Å². The first-order valence-corrected chi connectivity index (χ1v) is 10.0. The van der Waals surface area contributed by atoms with E-state index in [1.165, 1.54) is 13.2 Å². The highest BCUT2D eigenvalue weighted by molar-refractivity contribution is 6.35. The number of amides is 1. The fourth-order valence-corrected chi connectivity index (χ4v) is 3.41. The normalized spacial score (nSPS) is 12.6. The van der Waals surface area contributed by atoms with Crippen molar-refractivity contribution < 1.29 is 23.0 Å². The molecular weight excluding hydrogens is 444 g/mol. The molecule has 0 bridgehead atoms. The van der Waals surface area contributed by atoms with Crippen LogP contribution >= 0.6 is 11.6 Å². The predicted molar refractivity (Wildman–Crippen MR) is 116 cm³/mol. The summed E-state index contributed by atoms with van der Waals surface area (Å²) < 4.78 is 39.5. The summed E-state index contributed by atoms with van der Waals surface area (Å²) in [7, 11) is 1.39. The minimum atomic E-state index is -0.989. The summed E-state index contributed by atoms with van der Waals surface area (Å²) in [6, 6.07) is 6.35. The van der Waals surface area contributed by atoms with Gasteiger partial charge in [0.05, 0.1) is 28.2 Å². The van der Waals surface area contributed by atoms with Gasteiger partial charge in [-0.1, -0.05) is 17.7 Å². The zero-order valence-corrected chi connectivity index (χ0v) is 18.7. The standard InChI is InChI=1S/C22H22ClF2N3O4/c1-22(2,3)32-21(30)27-17(11-31-4)19-26-16-7-5-6-15(23)18(16)20(29)28(19)14-9-12(24)8-13(25)10-14/h5-10,17H,11H2,1-4H3,(H,27,30)/t17-/m0/s1. The molecule has 0 unspecified atom stereocenters. The number of halogens is 3. The van der Waals surface area contributed by atoms with E-state index in [-0.39, 0.29) is 34.0 Å². The Kier molecular flexibility index (Phi) is 6.80. The Balaban J connectivity index is 2.27. The first kappa shape index (κ1) is 23.6. The van der Waals surface area contributed by atoms with E-state index in [2.05, 4.69) is 10.3 Å².